The van der Waals surface area contributed by atoms with Crippen LogP contribution in [0.1, 0.15) is 40.1 Å². The molecule has 164 valence electrons. The number of imidazole rings is 1. The molecular weight excluding hydrogens is 416 g/mol. The molecule has 8 heteroatoms. The Morgan fingerprint density at radius 2 is 2.03 bits per heavy atom. The van der Waals surface area contributed by atoms with Crippen LogP contribution >= 0.6 is 0 Å². The summed E-state index contributed by atoms with van der Waals surface area (Å²) in [6.07, 6.45) is 7.29. The molecule has 2 aromatic heterocycles. The summed E-state index contributed by atoms with van der Waals surface area (Å²) in [5, 5.41) is 13.7. The van der Waals surface area contributed by atoms with E-state index in [0.29, 0.717) is 24.5 Å². The summed E-state index contributed by atoms with van der Waals surface area (Å²) in [6.45, 7) is 3.14. The van der Waals surface area contributed by atoms with E-state index in [9.17, 15) is 0 Å². The van der Waals surface area contributed by atoms with Crippen LogP contribution in [0, 0.1) is 18.3 Å². The van der Waals surface area contributed by atoms with Crippen molar-refractivity contribution in [3.63, 3.8) is 0 Å². The van der Waals surface area contributed by atoms with Gasteiger partial charge in [0.05, 0.1) is 49.6 Å². The fourth-order valence-corrected chi connectivity index (χ4v) is 3.93. The van der Waals surface area contributed by atoms with Crippen LogP contribution in [-0.2, 0) is 11.3 Å². The summed E-state index contributed by atoms with van der Waals surface area (Å²) < 4.78 is 15.4. The number of hydrogen-bond donors (Lipinski definition) is 0. The fourth-order valence-electron chi connectivity index (χ4n) is 3.93. The second-order valence-corrected chi connectivity index (χ2v) is 7.69. The monoisotopic (exact) mass is 438 g/mol. The molecule has 1 unspecified atom stereocenters. The van der Waals surface area contributed by atoms with Crippen LogP contribution in [-0.4, -0.2) is 38.0 Å². The van der Waals surface area contributed by atoms with Crippen molar-refractivity contribution in [3.8, 4) is 17.5 Å². The molecule has 0 saturated carbocycles. The van der Waals surface area contributed by atoms with Gasteiger partial charge in [-0.25, -0.2) is 14.6 Å². The number of rotatable bonds is 5. The standard InChI is InChI=1S/C25H22N6O2/c1-17-15-30(16-27-17)23-19(4-3-5-21(23)32-2)10-11-22-28-25-24(33-13-12-31(25)29-22)20-8-6-18(14-26)7-9-20/h3-11,15-16,24H,12-13H2,1-2H3. The van der Waals surface area contributed by atoms with Gasteiger partial charge in [-0.3, -0.25) is 0 Å². The highest BCUT2D eigenvalue weighted by Crippen LogP contribution is 2.30. The van der Waals surface area contributed by atoms with Crippen molar-refractivity contribution in [2.24, 2.45) is 0 Å². The molecule has 5 rings (SSSR count). The topological polar surface area (TPSA) is 90.8 Å². The summed E-state index contributed by atoms with van der Waals surface area (Å²) in [5.41, 5.74) is 4.34. The van der Waals surface area contributed by atoms with E-state index in [1.807, 2.05) is 64.9 Å². The maximum atomic E-state index is 9.05. The Kier molecular flexibility index (Phi) is 5.47. The predicted molar refractivity (Wildman–Crippen MR) is 123 cm³/mol. The molecule has 1 aliphatic rings. The third-order valence-electron chi connectivity index (χ3n) is 5.51. The van der Waals surface area contributed by atoms with Crippen molar-refractivity contribution in [2.75, 3.05) is 13.7 Å². The first-order valence-electron chi connectivity index (χ1n) is 10.6. The van der Waals surface area contributed by atoms with Gasteiger partial charge in [-0.05, 0) is 42.8 Å². The van der Waals surface area contributed by atoms with Gasteiger partial charge < -0.3 is 14.0 Å². The maximum Gasteiger partial charge on any atom is 0.174 e. The largest absolute Gasteiger partial charge is 0.495 e. The van der Waals surface area contributed by atoms with Crippen molar-refractivity contribution in [1.82, 2.24) is 24.3 Å². The van der Waals surface area contributed by atoms with Gasteiger partial charge in [0.2, 0.25) is 0 Å². The van der Waals surface area contributed by atoms with E-state index < -0.39 is 0 Å². The number of methoxy groups -OCH3 is 1. The lowest BCUT2D eigenvalue weighted by Gasteiger charge is -2.23. The Morgan fingerprint density at radius 1 is 1.18 bits per heavy atom. The zero-order valence-corrected chi connectivity index (χ0v) is 18.3. The molecule has 0 aliphatic carbocycles. The van der Waals surface area contributed by atoms with Gasteiger partial charge in [0.15, 0.2) is 11.6 Å². The minimum Gasteiger partial charge on any atom is -0.495 e. The van der Waals surface area contributed by atoms with Crippen molar-refractivity contribution in [2.45, 2.75) is 19.6 Å². The number of para-hydroxylation sites is 1. The Bertz CT molecular complexity index is 1360. The van der Waals surface area contributed by atoms with E-state index in [2.05, 4.69) is 16.2 Å². The molecular formula is C25H22N6O2. The molecule has 8 nitrogen and oxygen atoms in total. The molecule has 0 N–H and O–H groups in total. The van der Waals surface area contributed by atoms with E-state index in [-0.39, 0.29) is 6.10 Å². The minimum atomic E-state index is -0.317. The van der Waals surface area contributed by atoms with Crippen molar-refractivity contribution < 1.29 is 9.47 Å². The quantitative estimate of drug-likeness (QED) is 0.469. The highest BCUT2D eigenvalue weighted by Gasteiger charge is 2.26. The fraction of sp³-hybridized carbons (Fsp3) is 0.200. The van der Waals surface area contributed by atoms with E-state index in [1.165, 1.54) is 0 Å². The van der Waals surface area contributed by atoms with Gasteiger partial charge >= 0.3 is 0 Å². The first-order chi connectivity index (χ1) is 16.2. The van der Waals surface area contributed by atoms with Crippen LogP contribution in [0.25, 0.3) is 17.8 Å². The van der Waals surface area contributed by atoms with Crippen LogP contribution in [0.4, 0.5) is 0 Å². The van der Waals surface area contributed by atoms with E-state index in [0.717, 1.165) is 34.1 Å². The lowest BCUT2D eigenvalue weighted by molar-refractivity contribution is 0.0390. The van der Waals surface area contributed by atoms with Crippen LogP contribution in [0.15, 0.2) is 55.0 Å². The highest BCUT2D eigenvalue weighted by molar-refractivity contribution is 5.74. The normalized spacial score (nSPS) is 15.4. The molecule has 0 fully saturated rings. The van der Waals surface area contributed by atoms with Gasteiger partial charge in [0.25, 0.3) is 0 Å². The number of aryl methyl sites for hydroxylation is 1. The molecule has 0 radical (unpaired) electrons. The zero-order valence-electron chi connectivity index (χ0n) is 18.3. The third-order valence-corrected chi connectivity index (χ3v) is 5.51. The molecule has 4 aromatic rings. The third kappa shape index (κ3) is 4.02. The summed E-state index contributed by atoms with van der Waals surface area (Å²) >= 11 is 0. The zero-order chi connectivity index (χ0) is 22.8. The van der Waals surface area contributed by atoms with Gasteiger partial charge in [-0.15, -0.1) is 0 Å². The van der Waals surface area contributed by atoms with Crippen molar-refractivity contribution in [1.29, 1.82) is 5.26 Å². The molecule has 1 atom stereocenters. The Morgan fingerprint density at radius 3 is 2.76 bits per heavy atom. The van der Waals surface area contributed by atoms with Crippen LogP contribution in [0.3, 0.4) is 0 Å². The van der Waals surface area contributed by atoms with E-state index >= 15 is 0 Å². The Hall–Kier alpha value is -4.22. The van der Waals surface area contributed by atoms with Crippen LogP contribution in [0.2, 0.25) is 0 Å². The number of aromatic nitrogens is 5. The van der Waals surface area contributed by atoms with E-state index in [1.54, 1.807) is 25.6 Å². The Labute approximate surface area is 191 Å². The maximum absolute atomic E-state index is 9.05. The molecule has 0 amide bonds. The second-order valence-electron chi connectivity index (χ2n) is 7.69. The average molecular weight is 438 g/mol. The number of nitrogens with zero attached hydrogens (tertiary/aromatic N) is 6. The van der Waals surface area contributed by atoms with Gasteiger partial charge in [0.1, 0.15) is 11.9 Å². The SMILES string of the molecule is COc1cccc(C=Cc2nc3n(n2)CCOC3c2ccc(C#N)cc2)c1-n1cnc(C)c1. The predicted octanol–water partition coefficient (Wildman–Crippen LogP) is 3.94. The van der Waals surface area contributed by atoms with E-state index in [4.69, 9.17) is 19.7 Å². The highest BCUT2D eigenvalue weighted by atomic mass is 16.5. The molecule has 0 bridgehead atoms. The van der Waals surface area contributed by atoms with Crippen molar-refractivity contribution in [3.05, 3.63) is 89.0 Å². The minimum absolute atomic E-state index is 0.317. The second kappa shape index (κ2) is 8.73. The lowest BCUT2D eigenvalue weighted by atomic mass is 10.1. The summed E-state index contributed by atoms with van der Waals surface area (Å²) in [5.74, 6) is 2.10. The first kappa shape index (κ1) is 20.7. The van der Waals surface area contributed by atoms with Gasteiger partial charge in [-0.1, -0.05) is 24.3 Å². The first-order valence-corrected chi connectivity index (χ1v) is 10.6. The van der Waals surface area contributed by atoms with Crippen LogP contribution in [0.5, 0.6) is 5.75 Å². The number of nitriles is 1. The number of ether oxygens (including phenoxy) is 2. The number of hydrogen-bond acceptors (Lipinski definition) is 6. The smallest absolute Gasteiger partial charge is 0.174 e. The summed E-state index contributed by atoms with van der Waals surface area (Å²) in [7, 11) is 1.66. The average Bonchev–Trinajstić information content (AvgIpc) is 3.48. The summed E-state index contributed by atoms with van der Waals surface area (Å²) in [4.78, 5) is 9.08. The molecule has 1 aliphatic heterocycles. The number of benzene rings is 2. The molecule has 0 spiro atoms. The van der Waals surface area contributed by atoms with Crippen LogP contribution < -0.4 is 4.74 Å². The lowest BCUT2D eigenvalue weighted by Crippen LogP contribution is -2.23. The molecule has 3 heterocycles. The Balaban J connectivity index is 1.48. The van der Waals surface area contributed by atoms with Gasteiger partial charge in [-0.2, -0.15) is 10.4 Å². The molecule has 2 aromatic carbocycles. The van der Waals surface area contributed by atoms with Gasteiger partial charge in [0, 0.05) is 11.8 Å². The summed E-state index contributed by atoms with van der Waals surface area (Å²) in [6, 6.07) is 15.4. The van der Waals surface area contributed by atoms with Crippen molar-refractivity contribution >= 4 is 12.2 Å². The number of fused-ring (bicyclic) bond motifs is 1. The molecule has 0 saturated heterocycles. The molecule has 33 heavy (non-hydrogen) atoms.